The summed E-state index contributed by atoms with van der Waals surface area (Å²) in [6.45, 7) is 2.98. The van der Waals surface area contributed by atoms with E-state index in [9.17, 15) is 19.5 Å². The number of amidine groups is 1. The van der Waals surface area contributed by atoms with Gasteiger partial charge < -0.3 is 29.9 Å². The van der Waals surface area contributed by atoms with E-state index in [4.69, 9.17) is 4.74 Å². The van der Waals surface area contributed by atoms with Crippen LogP contribution in [0.4, 0.5) is 10.5 Å². The highest BCUT2D eigenvalue weighted by molar-refractivity contribution is 6.10. The Kier molecular flexibility index (Phi) is 7.91. The van der Waals surface area contributed by atoms with Gasteiger partial charge in [-0.05, 0) is 42.0 Å². The van der Waals surface area contributed by atoms with E-state index >= 15 is 0 Å². The smallest absolute Gasteiger partial charge is 0.323 e. The second-order valence-corrected chi connectivity index (χ2v) is 10.8. The molecule has 2 saturated heterocycles. The number of piperazine rings is 1. The summed E-state index contributed by atoms with van der Waals surface area (Å²) < 4.78 is 5.25. The van der Waals surface area contributed by atoms with Gasteiger partial charge in [0.05, 0.1) is 13.7 Å². The molecule has 44 heavy (non-hydrogen) atoms. The second kappa shape index (κ2) is 12.1. The normalized spacial score (nSPS) is 19.7. The van der Waals surface area contributed by atoms with Crippen LogP contribution in [-0.2, 0) is 11.3 Å². The number of benzene rings is 3. The number of nitrogens with one attached hydrogen (secondary N) is 2. The molecule has 1 unspecified atom stereocenters. The Balaban J connectivity index is 1.18. The van der Waals surface area contributed by atoms with Gasteiger partial charge in [-0.3, -0.25) is 14.9 Å². The lowest BCUT2D eigenvalue weighted by Gasteiger charge is -2.37. The number of anilines is 1. The van der Waals surface area contributed by atoms with Crippen LogP contribution in [0.1, 0.15) is 27.0 Å². The number of hydrogen-bond acceptors (Lipinski definition) is 7. The van der Waals surface area contributed by atoms with Gasteiger partial charge in [-0.15, -0.1) is 0 Å². The number of aliphatic imine (C=N–C) groups is 1. The lowest BCUT2D eigenvalue weighted by atomic mass is 9.99. The number of hydrogen-bond donors (Lipinski definition) is 3. The van der Waals surface area contributed by atoms with Crippen LogP contribution in [-0.4, -0.2) is 90.7 Å². The molecule has 0 aromatic heterocycles. The first-order valence-corrected chi connectivity index (χ1v) is 14.3. The van der Waals surface area contributed by atoms with Crippen molar-refractivity contribution in [3.63, 3.8) is 0 Å². The minimum atomic E-state index is -1.61. The summed E-state index contributed by atoms with van der Waals surface area (Å²) in [5.74, 6) is 6.34. The number of urea groups is 1. The summed E-state index contributed by atoms with van der Waals surface area (Å²) in [7, 11) is 1.53. The number of ether oxygens (including phenoxy) is 1. The predicted octanol–water partition coefficient (Wildman–Crippen LogP) is 1.80. The summed E-state index contributed by atoms with van der Waals surface area (Å²) in [6.07, 6.45) is 0. The maximum absolute atomic E-state index is 13.2. The Morgan fingerprint density at radius 2 is 1.75 bits per heavy atom. The Bertz CT molecular complexity index is 1670. The van der Waals surface area contributed by atoms with Crippen molar-refractivity contribution >= 4 is 29.4 Å². The van der Waals surface area contributed by atoms with Crippen molar-refractivity contribution in [2.24, 2.45) is 4.99 Å². The number of aliphatic hydroxyl groups excluding tert-OH is 1. The summed E-state index contributed by atoms with van der Waals surface area (Å²) in [5.41, 5.74) is 2.31. The van der Waals surface area contributed by atoms with E-state index in [1.807, 2.05) is 36.4 Å². The molecule has 3 aliphatic heterocycles. The fourth-order valence-corrected chi connectivity index (χ4v) is 5.75. The number of imide groups is 1. The Hall–Kier alpha value is -5.34. The van der Waals surface area contributed by atoms with E-state index in [1.165, 1.54) is 17.7 Å². The Morgan fingerprint density at radius 1 is 1.00 bits per heavy atom. The van der Waals surface area contributed by atoms with Crippen molar-refractivity contribution in [1.29, 1.82) is 0 Å². The number of nitrogens with zero attached hydrogens (tertiary/aromatic N) is 4. The molecule has 11 heteroatoms. The molecule has 3 aromatic carbocycles. The number of aliphatic hydroxyl groups is 1. The van der Waals surface area contributed by atoms with Crippen molar-refractivity contribution in [2.45, 2.75) is 12.1 Å². The van der Waals surface area contributed by atoms with E-state index < -0.39 is 17.5 Å². The number of carbonyl (C=O) groups excluding carboxylic acids is 3. The molecule has 1 atom stereocenters. The van der Waals surface area contributed by atoms with Crippen LogP contribution in [0, 0.1) is 11.8 Å². The van der Waals surface area contributed by atoms with Crippen molar-refractivity contribution in [2.75, 3.05) is 51.5 Å². The van der Waals surface area contributed by atoms with Crippen molar-refractivity contribution in [1.82, 2.24) is 20.4 Å². The quantitative estimate of drug-likeness (QED) is 0.173. The lowest BCUT2D eigenvalue weighted by Crippen LogP contribution is -2.54. The average Bonchev–Trinajstić information content (AvgIpc) is 3.52. The van der Waals surface area contributed by atoms with Crippen molar-refractivity contribution < 1.29 is 24.2 Å². The van der Waals surface area contributed by atoms with Gasteiger partial charge in [-0.1, -0.05) is 48.2 Å². The topological polar surface area (TPSA) is 127 Å². The molecule has 224 valence electrons. The first kappa shape index (κ1) is 28.8. The summed E-state index contributed by atoms with van der Waals surface area (Å²) >= 11 is 0. The van der Waals surface area contributed by atoms with E-state index in [0.29, 0.717) is 22.7 Å². The molecule has 4 amide bonds. The minimum Gasteiger partial charge on any atom is -0.497 e. The predicted molar refractivity (Wildman–Crippen MR) is 164 cm³/mol. The molecule has 0 spiro atoms. The van der Waals surface area contributed by atoms with Crippen molar-refractivity contribution in [3.05, 3.63) is 95.1 Å². The van der Waals surface area contributed by atoms with Crippen molar-refractivity contribution in [3.8, 4) is 17.6 Å². The largest absolute Gasteiger partial charge is 0.497 e. The summed E-state index contributed by atoms with van der Waals surface area (Å²) in [6, 6.07) is 22.2. The van der Waals surface area contributed by atoms with E-state index in [1.54, 1.807) is 24.3 Å². The van der Waals surface area contributed by atoms with E-state index in [0.717, 1.165) is 37.3 Å². The number of para-hydroxylation sites is 1. The zero-order chi connectivity index (χ0) is 30.7. The third-order valence-electron chi connectivity index (χ3n) is 8.05. The molecule has 11 nitrogen and oxygen atoms in total. The molecule has 0 aliphatic carbocycles. The Morgan fingerprint density at radius 3 is 2.41 bits per heavy atom. The molecule has 6 rings (SSSR count). The summed E-state index contributed by atoms with van der Waals surface area (Å²) in [5, 5.41) is 14.6. The van der Waals surface area contributed by atoms with Crippen LogP contribution in [0.3, 0.4) is 0 Å². The molecule has 3 N–H and O–H groups in total. The fraction of sp³-hybridized carbons (Fsp3) is 0.273. The molecule has 0 bridgehead atoms. The average molecular weight is 593 g/mol. The first-order valence-electron chi connectivity index (χ1n) is 14.3. The standard InChI is InChI=1S/C33H32N6O5/c1-44-27-12-11-25-20-39(30(41)28(25)19-27)21-33(31(42)35-32(43)36-33)14-13-23-7-9-24(10-8-23)29(34-22-40)38-17-15-37(16-18-38)26-5-3-2-4-6-26/h2-12,19,40H,15-18,20-22H2,1H3,(H2,35,36,42,43). The molecule has 3 aromatic rings. The first-order chi connectivity index (χ1) is 21.4. The SMILES string of the molecule is COc1ccc2c(c1)C(=O)N(CC1(C#Cc3ccc(C(=NCO)N4CCN(c5ccccc5)CC4)cc3)NC(=O)NC1=O)C2. The zero-order valence-electron chi connectivity index (χ0n) is 24.2. The number of methoxy groups -OCH3 is 1. The number of rotatable bonds is 6. The van der Waals surface area contributed by atoms with Crippen LogP contribution in [0.5, 0.6) is 5.75 Å². The second-order valence-electron chi connectivity index (χ2n) is 10.8. The molecule has 3 aliphatic rings. The monoisotopic (exact) mass is 592 g/mol. The number of fused-ring (bicyclic) bond motifs is 1. The molecule has 0 radical (unpaired) electrons. The van der Waals surface area contributed by atoms with Crippen LogP contribution in [0.2, 0.25) is 0 Å². The molecule has 2 fully saturated rings. The Labute approximate surface area is 255 Å². The molecular formula is C33H32N6O5. The van der Waals surface area contributed by atoms with Gasteiger partial charge >= 0.3 is 6.03 Å². The highest BCUT2D eigenvalue weighted by Gasteiger charge is 2.48. The molecule has 3 heterocycles. The summed E-state index contributed by atoms with van der Waals surface area (Å²) in [4.78, 5) is 48.7. The van der Waals surface area contributed by atoms with E-state index in [2.05, 4.69) is 49.4 Å². The molecular weight excluding hydrogens is 560 g/mol. The van der Waals surface area contributed by atoms with Gasteiger partial charge in [0.1, 0.15) is 18.3 Å². The fourth-order valence-electron chi connectivity index (χ4n) is 5.75. The molecule has 0 saturated carbocycles. The maximum Gasteiger partial charge on any atom is 0.323 e. The minimum absolute atomic E-state index is 0.117. The van der Waals surface area contributed by atoms with Crippen LogP contribution < -0.4 is 20.3 Å². The van der Waals surface area contributed by atoms with Gasteiger partial charge in [0.25, 0.3) is 11.8 Å². The zero-order valence-corrected chi connectivity index (χ0v) is 24.2. The van der Waals surface area contributed by atoms with Crippen LogP contribution in [0.25, 0.3) is 0 Å². The van der Waals surface area contributed by atoms with Gasteiger partial charge in [0, 0.05) is 55.1 Å². The third kappa shape index (κ3) is 5.67. The third-order valence-corrected chi connectivity index (χ3v) is 8.05. The number of amides is 4. The lowest BCUT2D eigenvalue weighted by molar-refractivity contribution is -0.122. The van der Waals surface area contributed by atoms with Gasteiger partial charge in [0.15, 0.2) is 0 Å². The number of carbonyl (C=O) groups is 3. The van der Waals surface area contributed by atoms with Gasteiger partial charge in [-0.2, -0.15) is 0 Å². The highest BCUT2D eigenvalue weighted by atomic mass is 16.5. The van der Waals surface area contributed by atoms with Gasteiger partial charge in [0.2, 0.25) is 5.54 Å². The highest BCUT2D eigenvalue weighted by Crippen LogP contribution is 2.28. The van der Waals surface area contributed by atoms with Crippen LogP contribution >= 0.6 is 0 Å². The van der Waals surface area contributed by atoms with Gasteiger partial charge in [-0.25, -0.2) is 9.79 Å². The van der Waals surface area contributed by atoms with Crippen LogP contribution in [0.15, 0.2) is 77.8 Å². The maximum atomic E-state index is 13.2. The van der Waals surface area contributed by atoms with E-state index in [-0.39, 0.29) is 25.7 Å².